The molecule has 1 aliphatic rings. The molecule has 0 radical (unpaired) electrons. The summed E-state index contributed by atoms with van der Waals surface area (Å²) in [5, 5.41) is 1.11. The molecule has 0 aliphatic heterocycles. The zero-order valence-corrected chi connectivity index (χ0v) is 22.9. The van der Waals surface area contributed by atoms with Crippen molar-refractivity contribution in [3.05, 3.63) is 67.8 Å². The Morgan fingerprint density at radius 3 is 2.62 bits per heavy atom. The number of halogens is 1. The van der Waals surface area contributed by atoms with Crippen LogP contribution in [0.25, 0.3) is 21.6 Å². The molecular formula is C29H31ClN2O4S. The van der Waals surface area contributed by atoms with Crippen LogP contribution < -0.4 is 19.8 Å². The summed E-state index contributed by atoms with van der Waals surface area (Å²) in [6.07, 6.45) is 5.34. The number of aromatic amines is 1. The van der Waals surface area contributed by atoms with Crippen molar-refractivity contribution in [2.24, 2.45) is 0 Å². The van der Waals surface area contributed by atoms with E-state index in [0.29, 0.717) is 47.0 Å². The number of ether oxygens (including phenoxy) is 3. The maximum absolute atomic E-state index is 13.0. The van der Waals surface area contributed by atoms with Gasteiger partial charge in [0.05, 0.1) is 17.5 Å². The van der Waals surface area contributed by atoms with Crippen LogP contribution in [-0.2, 0) is 12.8 Å². The summed E-state index contributed by atoms with van der Waals surface area (Å²) in [4.78, 5) is 22.8. The lowest BCUT2D eigenvalue weighted by Crippen LogP contribution is -2.11. The minimum Gasteiger partial charge on any atom is -0.493 e. The monoisotopic (exact) mass is 538 g/mol. The molecule has 194 valence electrons. The van der Waals surface area contributed by atoms with Crippen molar-refractivity contribution < 1.29 is 14.2 Å². The average molecular weight is 539 g/mol. The van der Waals surface area contributed by atoms with Gasteiger partial charge in [-0.2, -0.15) is 0 Å². The van der Waals surface area contributed by atoms with Gasteiger partial charge in [0.1, 0.15) is 29.6 Å². The van der Waals surface area contributed by atoms with E-state index in [1.54, 1.807) is 30.6 Å². The van der Waals surface area contributed by atoms with Gasteiger partial charge in [-0.05, 0) is 73.4 Å². The molecule has 0 spiro atoms. The maximum atomic E-state index is 13.0. The van der Waals surface area contributed by atoms with Crippen LogP contribution in [0.4, 0.5) is 0 Å². The fourth-order valence-corrected chi connectivity index (χ4v) is 6.26. The second kappa shape index (κ2) is 11.2. The molecule has 2 heterocycles. The molecule has 0 bridgehead atoms. The highest BCUT2D eigenvalue weighted by atomic mass is 35.5. The Balaban J connectivity index is 1.30. The van der Waals surface area contributed by atoms with Crippen molar-refractivity contribution in [1.29, 1.82) is 0 Å². The summed E-state index contributed by atoms with van der Waals surface area (Å²) < 4.78 is 17.3. The topological polar surface area (TPSA) is 73.4 Å². The van der Waals surface area contributed by atoms with Crippen molar-refractivity contribution in [3.63, 3.8) is 0 Å². The molecule has 6 nitrogen and oxygen atoms in total. The fraction of sp³-hybridized carbons (Fsp3) is 0.379. The molecule has 1 unspecified atom stereocenters. The van der Waals surface area contributed by atoms with E-state index in [0.717, 1.165) is 48.1 Å². The van der Waals surface area contributed by atoms with E-state index in [1.807, 2.05) is 12.1 Å². The van der Waals surface area contributed by atoms with Gasteiger partial charge in [0.2, 0.25) is 0 Å². The highest BCUT2D eigenvalue weighted by Crippen LogP contribution is 2.40. The van der Waals surface area contributed by atoms with Crippen LogP contribution in [0.5, 0.6) is 17.2 Å². The molecule has 5 rings (SSSR count). The molecule has 37 heavy (non-hydrogen) atoms. The van der Waals surface area contributed by atoms with E-state index in [2.05, 4.69) is 31.0 Å². The Bertz CT molecular complexity index is 1460. The van der Waals surface area contributed by atoms with E-state index in [-0.39, 0.29) is 5.56 Å². The molecule has 1 atom stereocenters. The van der Waals surface area contributed by atoms with Gasteiger partial charge in [-0.1, -0.05) is 37.6 Å². The molecule has 1 aliphatic carbocycles. The lowest BCUT2D eigenvalue weighted by atomic mass is 9.97. The summed E-state index contributed by atoms with van der Waals surface area (Å²) in [6, 6.07) is 11.7. The van der Waals surface area contributed by atoms with Gasteiger partial charge in [-0.3, -0.25) is 4.79 Å². The first kappa shape index (κ1) is 25.6. The molecule has 0 fully saturated rings. The molecule has 0 saturated heterocycles. The molecule has 2 aromatic carbocycles. The number of thiophene rings is 1. The van der Waals surface area contributed by atoms with Gasteiger partial charge in [0, 0.05) is 10.4 Å². The number of nitrogens with one attached hydrogen (secondary N) is 1. The van der Waals surface area contributed by atoms with Crippen LogP contribution in [0.1, 0.15) is 55.0 Å². The van der Waals surface area contributed by atoms with Crippen LogP contribution >= 0.6 is 22.9 Å². The number of aromatic nitrogens is 2. The number of rotatable bonds is 9. The summed E-state index contributed by atoms with van der Waals surface area (Å²) in [5.41, 5.74) is 3.03. The zero-order chi connectivity index (χ0) is 25.9. The first-order valence-electron chi connectivity index (χ1n) is 12.8. The largest absolute Gasteiger partial charge is 0.493 e. The van der Waals surface area contributed by atoms with Crippen LogP contribution in [0.2, 0.25) is 5.02 Å². The standard InChI is InChI=1S/C29H31ClN2O4S/c1-4-17(2)18-9-11-20(12-10-18)35-13-14-36-26-22(30)15-19(16-23(26)34-3)27-31-28(33)25-21-7-5-6-8-24(21)37-29(25)32-27/h9-12,15-17H,4-8,13-14H2,1-3H3,(H,31,32,33). The lowest BCUT2D eigenvalue weighted by Gasteiger charge is -2.15. The minimum atomic E-state index is -0.107. The van der Waals surface area contributed by atoms with Crippen molar-refractivity contribution in [3.8, 4) is 28.6 Å². The van der Waals surface area contributed by atoms with Crippen molar-refractivity contribution >= 4 is 33.2 Å². The number of hydrogen-bond donors (Lipinski definition) is 1. The van der Waals surface area contributed by atoms with E-state index in [1.165, 1.54) is 16.0 Å². The second-order valence-electron chi connectivity index (χ2n) is 9.37. The van der Waals surface area contributed by atoms with Crippen molar-refractivity contribution in [2.75, 3.05) is 20.3 Å². The maximum Gasteiger partial charge on any atom is 0.260 e. The van der Waals surface area contributed by atoms with E-state index < -0.39 is 0 Å². The smallest absolute Gasteiger partial charge is 0.260 e. The summed E-state index contributed by atoms with van der Waals surface area (Å²) >= 11 is 8.22. The first-order chi connectivity index (χ1) is 18.0. The van der Waals surface area contributed by atoms with Gasteiger partial charge < -0.3 is 19.2 Å². The molecule has 0 saturated carbocycles. The second-order valence-corrected chi connectivity index (χ2v) is 10.9. The number of fused-ring (bicyclic) bond motifs is 3. The third-order valence-corrected chi connectivity index (χ3v) is 8.45. The minimum absolute atomic E-state index is 0.107. The van der Waals surface area contributed by atoms with E-state index in [9.17, 15) is 4.79 Å². The van der Waals surface area contributed by atoms with Crippen molar-refractivity contribution in [2.45, 2.75) is 51.9 Å². The molecular weight excluding hydrogens is 508 g/mol. The van der Waals surface area contributed by atoms with E-state index >= 15 is 0 Å². The summed E-state index contributed by atoms with van der Waals surface area (Å²) in [7, 11) is 1.56. The number of hydrogen-bond acceptors (Lipinski definition) is 6. The zero-order valence-electron chi connectivity index (χ0n) is 21.4. The Hall–Kier alpha value is -3.03. The Morgan fingerprint density at radius 1 is 1.11 bits per heavy atom. The van der Waals surface area contributed by atoms with Gasteiger partial charge in [-0.25, -0.2) is 4.98 Å². The molecule has 2 aromatic heterocycles. The Kier molecular flexibility index (Phi) is 7.72. The SMILES string of the molecule is CCC(C)c1ccc(OCCOc2c(Cl)cc(-c3nc4sc5c(c4c(=O)[nH]3)CCCC5)cc2OC)cc1. The molecule has 4 aromatic rings. The number of aryl methyl sites for hydroxylation is 2. The predicted molar refractivity (Wildman–Crippen MR) is 150 cm³/mol. The quantitative estimate of drug-likeness (QED) is 0.229. The number of H-pyrrole nitrogens is 1. The third-order valence-electron chi connectivity index (χ3n) is 6.99. The molecule has 0 amide bonds. The Morgan fingerprint density at radius 2 is 1.86 bits per heavy atom. The predicted octanol–water partition coefficient (Wildman–Crippen LogP) is 7.16. The van der Waals surface area contributed by atoms with Crippen LogP contribution in [-0.4, -0.2) is 30.3 Å². The van der Waals surface area contributed by atoms with Crippen LogP contribution in [0.3, 0.4) is 0 Å². The normalized spacial score (nSPS) is 13.8. The summed E-state index contributed by atoms with van der Waals surface area (Å²) in [6.45, 7) is 5.05. The van der Waals surface area contributed by atoms with Gasteiger partial charge in [0.15, 0.2) is 11.5 Å². The number of nitrogens with zero attached hydrogens (tertiary/aromatic N) is 1. The number of methoxy groups -OCH3 is 1. The molecule has 8 heteroatoms. The van der Waals surface area contributed by atoms with Gasteiger partial charge >= 0.3 is 0 Å². The van der Waals surface area contributed by atoms with Gasteiger partial charge in [0.25, 0.3) is 5.56 Å². The van der Waals surface area contributed by atoms with Crippen molar-refractivity contribution in [1.82, 2.24) is 9.97 Å². The van der Waals surface area contributed by atoms with Crippen LogP contribution in [0, 0.1) is 0 Å². The number of benzene rings is 2. The fourth-order valence-electron chi connectivity index (χ4n) is 4.73. The van der Waals surface area contributed by atoms with E-state index in [4.69, 9.17) is 30.8 Å². The van der Waals surface area contributed by atoms with Crippen LogP contribution in [0.15, 0.2) is 41.2 Å². The third kappa shape index (κ3) is 5.34. The Labute approximate surface area is 225 Å². The molecule has 1 N–H and O–H groups in total. The highest BCUT2D eigenvalue weighted by Gasteiger charge is 2.21. The first-order valence-corrected chi connectivity index (χ1v) is 14.0. The lowest BCUT2D eigenvalue weighted by molar-refractivity contribution is 0.211. The highest BCUT2D eigenvalue weighted by molar-refractivity contribution is 7.18. The van der Waals surface area contributed by atoms with Gasteiger partial charge in [-0.15, -0.1) is 11.3 Å². The average Bonchev–Trinajstić information content (AvgIpc) is 3.30. The summed E-state index contributed by atoms with van der Waals surface area (Å²) in [5.74, 6) is 2.68.